The summed E-state index contributed by atoms with van der Waals surface area (Å²) < 4.78 is 3.65. The summed E-state index contributed by atoms with van der Waals surface area (Å²) in [4.78, 5) is 0. The van der Waals surface area contributed by atoms with Gasteiger partial charge in [0.25, 0.3) is 0 Å². The average Bonchev–Trinajstić information content (AvgIpc) is 2.47. The van der Waals surface area contributed by atoms with Gasteiger partial charge in [0.15, 0.2) is 0 Å². The molecule has 0 aliphatic heterocycles. The highest BCUT2D eigenvalue weighted by Crippen LogP contribution is 1.95. The summed E-state index contributed by atoms with van der Waals surface area (Å²) in [6.07, 6.45) is 9.55. The van der Waals surface area contributed by atoms with Crippen molar-refractivity contribution in [1.29, 1.82) is 0 Å². The van der Waals surface area contributed by atoms with Gasteiger partial charge in [0, 0.05) is 24.3 Å². The van der Waals surface area contributed by atoms with Gasteiger partial charge in [-0.15, -0.1) is 0 Å². The summed E-state index contributed by atoms with van der Waals surface area (Å²) in [6, 6.07) is 11.8. The maximum atomic E-state index is 4.51. The Balaban J connectivity index is 1.92. The largest absolute Gasteiger partial charge is 0.202 e. The molecule has 0 N–H and O–H groups in total. The molecular weight excluding hydrogens is 248 g/mol. The third kappa shape index (κ3) is 4.72. The maximum Gasteiger partial charge on any atom is 0.202 e. The van der Waals surface area contributed by atoms with Gasteiger partial charge in [-0.1, -0.05) is 21.5 Å². The van der Waals surface area contributed by atoms with Crippen molar-refractivity contribution in [3.63, 3.8) is 0 Å². The van der Waals surface area contributed by atoms with E-state index in [0.29, 0.717) is 0 Å². The van der Waals surface area contributed by atoms with Gasteiger partial charge in [-0.2, -0.15) is 0 Å². The molecule has 0 saturated carbocycles. The topological polar surface area (TPSA) is 32.5 Å². The molecule has 0 amide bonds. The first-order valence-corrected chi connectivity index (χ1v) is 6.75. The highest BCUT2D eigenvalue weighted by atomic mass is 15.3. The lowest BCUT2D eigenvalue weighted by Crippen LogP contribution is -2.28. The molecule has 4 heteroatoms. The molecule has 2 aromatic rings. The van der Waals surface area contributed by atoms with E-state index < -0.39 is 0 Å². The van der Waals surface area contributed by atoms with E-state index in [1.54, 1.807) is 0 Å². The normalized spacial score (nSPS) is 12.5. The Hall–Kier alpha value is -2.36. The van der Waals surface area contributed by atoms with Gasteiger partial charge in [0.1, 0.15) is 0 Å². The Kier molecular flexibility index (Phi) is 5.12. The minimum Gasteiger partial charge on any atom is -0.0597 e. The van der Waals surface area contributed by atoms with E-state index in [1.165, 1.54) is 0 Å². The molecule has 102 valence electrons. The Morgan fingerprint density at radius 3 is 1.35 bits per heavy atom. The smallest absolute Gasteiger partial charge is 0.0597 e. The summed E-state index contributed by atoms with van der Waals surface area (Å²) >= 11 is 0. The van der Waals surface area contributed by atoms with Crippen LogP contribution in [0.4, 0.5) is 0 Å². The van der Waals surface area contributed by atoms with Crippen molar-refractivity contribution < 1.29 is 9.35 Å². The third-order valence-electron chi connectivity index (χ3n) is 2.82. The monoisotopic (exact) mass is 268 g/mol. The predicted molar refractivity (Wildman–Crippen MR) is 79.5 cm³/mol. The number of rotatable bonds is 5. The van der Waals surface area contributed by atoms with E-state index in [-0.39, 0.29) is 0 Å². The highest BCUT2D eigenvalue weighted by Gasteiger charge is 2.03. The number of hydrogen-bond acceptors (Lipinski definition) is 2. The number of pyridine rings is 2. The summed E-state index contributed by atoms with van der Waals surface area (Å²) in [5, 5.41) is 9.02. The third-order valence-corrected chi connectivity index (χ3v) is 2.82. The molecule has 0 unspecified atom stereocenters. The minimum absolute atomic E-state index is 0.907. The van der Waals surface area contributed by atoms with Crippen molar-refractivity contribution >= 4 is 11.4 Å². The fourth-order valence-electron chi connectivity index (χ4n) is 1.77. The van der Waals surface area contributed by atoms with Crippen LogP contribution in [0.1, 0.15) is 26.7 Å². The lowest BCUT2D eigenvalue weighted by molar-refractivity contribution is -0.679. The van der Waals surface area contributed by atoms with Crippen LogP contribution in [0.2, 0.25) is 0 Å². The van der Waals surface area contributed by atoms with Crippen LogP contribution in [-0.4, -0.2) is 11.4 Å². The lowest BCUT2D eigenvalue weighted by Gasteiger charge is -1.96. The van der Waals surface area contributed by atoms with Crippen LogP contribution in [0.25, 0.3) is 0 Å². The molecule has 20 heavy (non-hydrogen) atoms. The SMILES string of the molecule is C/C(CC/C(C)=N/[n+]1ccccc1)=N/[n+]1ccccc1. The van der Waals surface area contributed by atoms with E-state index >= 15 is 0 Å². The molecule has 0 aliphatic rings. The van der Waals surface area contributed by atoms with Gasteiger partial charge in [-0.3, -0.25) is 0 Å². The Labute approximate surface area is 119 Å². The quantitative estimate of drug-likeness (QED) is 0.588. The van der Waals surface area contributed by atoms with Gasteiger partial charge in [0.05, 0.1) is 11.4 Å². The van der Waals surface area contributed by atoms with Gasteiger partial charge in [-0.25, -0.2) is 0 Å². The van der Waals surface area contributed by atoms with Crippen LogP contribution < -0.4 is 9.35 Å². The second kappa shape index (κ2) is 7.28. The van der Waals surface area contributed by atoms with Crippen LogP contribution in [0.15, 0.2) is 71.4 Å². The van der Waals surface area contributed by atoms with E-state index in [9.17, 15) is 0 Å². The van der Waals surface area contributed by atoms with Crippen LogP contribution in [0, 0.1) is 0 Å². The van der Waals surface area contributed by atoms with Crippen LogP contribution in [-0.2, 0) is 0 Å². The van der Waals surface area contributed by atoms with Crippen LogP contribution >= 0.6 is 0 Å². The van der Waals surface area contributed by atoms with Crippen LogP contribution in [0.3, 0.4) is 0 Å². The molecule has 2 rings (SSSR count). The highest BCUT2D eigenvalue weighted by molar-refractivity contribution is 5.88. The molecular formula is C16H20N4+2. The van der Waals surface area contributed by atoms with Crippen molar-refractivity contribution in [2.45, 2.75) is 26.7 Å². The summed E-state index contributed by atoms with van der Waals surface area (Å²) in [5.74, 6) is 0. The number of aromatic nitrogens is 2. The molecule has 0 bridgehead atoms. The molecule has 0 fully saturated rings. The molecule has 0 saturated heterocycles. The molecule has 0 atom stereocenters. The van der Waals surface area contributed by atoms with Crippen molar-refractivity contribution in [3.8, 4) is 0 Å². The first-order valence-electron chi connectivity index (χ1n) is 6.75. The van der Waals surface area contributed by atoms with Gasteiger partial charge >= 0.3 is 0 Å². The standard InChI is InChI=1S/C16H20N4/c1-15(17-19-11-5-3-6-12-19)9-10-16(2)18-20-13-7-4-8-14-20/h3-8,11-14H,9-10H2,1-2H3/q+2/b17-15-,18-16+. The van der Waals surface area contributed by atoms with E-state index in [4.69, 9.17) is 0 Å². The molecule has 0 aromatic carbocycles. The molecule has 0 spiro atoms. The van der Waals surface area contributed by atoms with Crippen LogP contribution in [0.5, 0.6) is 0 Å². The van der Waals surface area contributed by atoms with Crippen molar-refractivity contribution in [2.75, 3.05) is 0 Å². The summed E-state index contributed by atoms with van der Waals surface area (Å²) in [5.41, 5.74) is 2.18. The van der Waals surface area contributed by atoms with Crippen molar-refractivity contribution in [2.24, 2.45) is 10.2 Å². The zero-order valence-electron chi connectivity index (χ0n) is 12.0. The zero-order chi connectivity index (χ0) is 14.2. The van der Waals surface area contributed by atoms with Gasteiger partial charge in [0.2, 0.25) is 24.8 Å². The Morgan fingerprint density at radius 1 is 0.650 bits per heavy atom. The minimum atomic E-state index is 0.907. The van der Waals surface area contributed by atoms with Gasteiger partial charge < -0.3 is 0 Å². The van der Waals surface area contributed by atoms with Gasteiger partial charge in [-0.05, 0) is 36.9 Å². The van der Waals surface area contributed by atoms with E-state index in [2.05, 4.69) is 10.2 Å². The first-order chi connectivity index (χ1) is 9.74. The fourth-order valence-corrected chi connectivity index (χ4v) is 1.77. The average molecular weight is 268 g/mol. The van der Waals surface area contributed by atoms with Crippen molar-refractivity contribution in [1.82, 2.24) is 0 Å². The van der Waals surface area contributed by atoms with E-state index in [1.807, 2.05) is 84.4 Å². The second-order valence-corrected chi connectivity index (χ2v) is 4.68. The lowest BCUT2D eigenvalue weighted by atomic mass is 10.2. The maximum absolute atomic E-state index is 4.51. The number of nitrogens with zero attached hydrogens (tertiary/aromatic N) is 4. The summed E-state index contributed by atoms with van der Waals surface area (Å²) in [6.45, 7) is 4.09. The Morgan fingerprint density at radius 2 is 1.00 bits per heavy atom. The van der Waals surface area contributed by atoms with Crippen molar-refractivity contribution in [3.05, 3.63) is 61.2 Å². The summed E-state index contributed by atoms with van der Waals surface area (Å²) in [7, 11) is 0. The molecule has 0 aliphatic carbocycles. The molecule has 4 nitrogen and oxygen atoms in total. The molecule has 2 heterocycles. The molecule has 2 aromatic heterocycles. The fraction of sp³-hybridized carbons (Fsp3) is 0.250. The Bertz CT molecular complexity index is 533. The first kappa shape index (κ1) is 14.1. The number of hydrogen-bond donors (Lipinski definition) is 0. The predicted octanol–water partition coefficient (Wildman–Crippen LogP) is 2.19. The molecule has 0 radical (unpaired) electrons. The zero-order valence-corrected chi connectivity index (χ0v) is 12.0. The van der Waals surface area contributed by atoms with E-state index in [0.717, 1.165) is 24.3 Å². The second-order valence-electron chi connectivity index (χ2n) is 4.68.